The molecule has 6 heteroatoms. The zero-order chi connectivity index (χ0) is 15.7. The highest BCUT2D eigenvalue weighted by Gasteiger charge is 2.19. The first-order valence-electron chi connectivity index (χ1n) is 7.01. The molecule has 1 unspecified atom stereocenters. The predicted molar refractivity (Wildman–Crippen MR) is 90.9 cm³/mol. The topological polar surface area (TPSA) is 47.7 Å². The molecular formula is C15H24BrClN2O2. The number of hydrogen-bond donors (Lipinski definition) is 1. The number of nitrogens with two attached hydrogens (primary N) is 1. The van der Waals surface area contributed by atoms with Gasteiger partial charge in [0.1, 0.15) is 0 Å². The number of nitrogens with zero attached hydrogens (tertiary/aromatic N) is 1. The molecule has 1 atom stereocenters. The SMILES string of the molecule is COCCCN(CCOC)C(CN)c1ccc(Cl)c(Br)c1. The van der Waals surface area contributed by atoms with Crippen molar-refractivity contribution in [1.82, 2.24) is 4.90 Å². The molecule has 0 amide bonds. The Morgan fingerprint density at radius 3 is 2.52 bits per heavy atom. The maximum absolute atomic E-state index is 6.07. The van der Waals surface area contributed by atoms with Crippen LogP contribution in [0, 0.1) is 0 Å². The molecule has 1 rings (SSSR count). The van der Waals surface area contributed by atoms with Crippen molar-refractivity contribution in [3.05, 3.63) is 33.3 Å². The molecule has 0 aliphatic rings. The Morgan fingerprint density at radius 1 is 1.24 bits per heavy atom. The second kappa shape index (κ2) is 10.5. The molecule has 0 radical (unpaired) electrons. The van der Waals surface area contributed by atoms with E-state index in [2.05, 4.69) is 20.8 Å². The molecule has 2 N–H and O–H groups in total. The predicted octanol–water partition coefficient (Wildman–Crippen LogP) is 3.09. The molecule has 0 aromatic heterocycles. The molecule has 0 saturated carbocycles. The molecule has 0 bridgehead atoms. The van der Waals surface area contributed by atoms with Crippen LogP contribution in [0.25, 0.3) is 0 Å². The summed E-state index contributed by atoms with van der Waals surface area (Å²) in [6.07, 6.45) is 0.964. The smallest absolute Gasteiger partial charge is 0.0589 e. The summed E-state index contributed by atoms with van der Waals surface area (Å²) in [6, 6.07) is 6.11. The molecule has 21 heavy (non-hydrogen) atoms. The van der Waals surface area contributed by atoms with E-state index in [1.807, 2.05) is 18.2 Å². The maximum Gasteiger partial charge on any atom is 0.0589 e. The van der Waals surface area contributed by atoms with Crippen LogP contribution in [-0.4, -0.2) is 52.0 Å². The quantitative estimate of drug-likeness (QED) is 0.635. The molecule has 0 saturated heterocycles. The lowest BCUT2D eigenvalue weighted by molar-refractivity contribution is 0.108. The van der Waals surface area contributed by atoms with Crippen LogP contribution in [0.2, 0.25) is 5.02 Å². The summed E-state index contributed by atoms with van der Waals surface area (Å²) in [7, 11) is 3.43. The summed E-state index contributed by atoms with van der Waals surface area (Å²) in [6.45, 7) is 3.72. The monoisotopic (exact) mass is 378 g/mol. The Balaban J connectivity index is 2.84. The summed E-state index contributed by atoms with van der Waals surface area (Å²) in [4.78, 5) is 2.33. The molecule has 1 aromatic rings. The van der Waals surface area contributed by atoms with Crippen LogP contribution in [0.4, 0.5) is 0 Å². The van der Waals surface area contributed by atoms with Crippen LogP contribution in [0.3, 0.4) is 0 Å². The van der Waals surface area contributed by atoms with Gasteiger partial charge < -0.3 is 15.2 Å². The van der Waals surface area contributed by atoms with Gasteiger partial charge in [0.15, 0.2) is 0 Å². The van der Waals surface area contributed by atoms with E-state index in [9.17, 15) is 0 Å². The highest BCUT2D eigenvalue weighted by atomic mass is 79.9. The van der Waals surface area contributed by atoms with Crippen molar-refractivity contribution in [1.29, 1.82) is 0 Å². The maximum atomic E-state index is 6.07. The second-order valence-corrected chi connectivity index (χ2v) is 6.06. The summed E-state index contributed by atoms with van der Waals surface area (Å²) >= 11 is 9.54. The normalized spacial score (nSPS) is 12.9. The van der Waals surface area contributed by atoms with Gasteiger partial charge in [-0.2, -0.15) is 0 Å². The van der Waals surface area contributed by atoms with Crippen LogP contribution in [-0.2, 0) is 9.47 Å². The van der Waals surface area contributed by atoms with E-state index in [4.69, 9.17) is 26.8 Å². The molecule has 0 fully saturated rings. The fourth-order valence-electron chi connectivity index (χ4n) is 2.26. The number of benzene rings is 1. The third-order valence-electron chi connectivity index (χ3n) is 3.37. The number of methoxy groups -OCH3 is 2. The van der Waals surface area contributed by atoms with Crippen LogP contribution < -0.4 is 5.73 Å². The Bertz CT molecular complexity index is 421. The van der Waals surface area contributed by atoms with E-state index in [0.29, 0.717) is 18.2 Å². The van der Waals surface area contributed by atoms with E-state index in [0.717, 1.165) is 36.2 Å². The largest absolute Gasteiger partial charge is 0.385 e. The van der Waals surface area contributed by atoms with Gasteiger partial charge in [0, 0.05) is 51.0 Å². The molecule has 1 aromatic carbocycles. The Morgan fingerprint density at radius 2 is 1.95 bits per heavy atom. The van der Waals surface area contributed by atoms with Crippen molar-refractivity contribution in [2.75, 3.05) is 47.1 Å². The van der Waals surface area contributed by atoms with Gasteiger partial charge in [0.2, 0.25) is 0 Å². The lowest BCUT2D eigenvalue weighted by Crippen LogP contribution is -2.37. The van der Waals surface area contributed by atoms with Gasteiger partial charge in [0.05, 0.1) is 11.6 Å². The van der Waals surface area contributed by atoms with E-state index in [-0.39, 0.29) is 6.04 Å². The van der Waals surface area contributed by atoms with Gasteiger partial charge in [0.25, 0.3) is 0 Å². The number of hydrogen-bond acceptors (Lipinski definition) is 4. The lowest BCUT2D eigenvalue weighted by atomic mass is 10.0. The average molecular weight is 380 g/mol. The summed E-state index contributed by atoms with van der Waals surface area (Å²) in [5.74, 6) is 0. The van der Waals surface area contributed by atoms with Gasteiger partial charge in [-0.05, 0) is 40.0 Å². The molecular weight excluding hydrogens is 356 g/mol. The first-order valence-corrected chi connectivity index (χ1v) is 8.18. The number of halogens is 2. The standard InChI is InChI=1S/C15H24BrClN2O2/c1-20-8-3-6-19(7-9-21-2)15(11-18)12-4-5-14(17)13(16)10-12/h4-5,10,15H,3,6-9,11,18H2,1-2H3. The Kier molecular flexibility index (Phi) is 9.47. The minimum absolute atomic E-state index is 0.144. The zero-order valence-corrected chi connectivity index (χ0v) is 15.0. The zero-order valence-electron chi connectivity index (χ0n) is 12.6. The van der Waals surface area contributed by atoms with Crippen molar-refractivity contribution < 1.29 is 9.47 Å². The fraction of sp³-hybridized carbons (Fsp3) is 0.600. The number of ether oxygens (including phenoxy) is 2. The molecule has 0 spiro atoms. The Hall–Kier alpha value is -0.170. The Labute approximate surface area is 140 Å². The van der Waals surface area contributed by atoms with Gasteiger partial charge in [-0.25, -0.2) is 0 Å². The minimum atomic E-state index is 0.144. The summed E-state index contributed by atoms with van der Waals surface area (Å²) in [5.41, 5.74) is 7.16. The first-order chi connectivity index (χ1) is 10.1. The summed E-state index contributed by atoms with van der Waals surface area (Å²) < 4.78 is 11.2. The minimum Gasteiger partial charge on any atom is -0.385 e. The van der Waals surface area contributed by atoms with Crippen molar-refractivity contribution in [3.63, 3.8) is 0 Å². The molecule has 4 nitrogen and oxygen atoms in total. The lowest BCUT2D eigenvalue weighted by Gasteiger charge is -2.31. The third-order valence-corrected chi connectivity index (χ3v) is 4.58. The van der Waals surface area contributed by atoms with Gasteiger partial charge >= 0.3 is 0 Å². The van der Waals surface area contributed by atoms with Crippen LogP contribution in [0.5, 0.6) is 0 Å². The van der Waals surface area contributed by atoms with E-state index in [1.54, 1.807) is 14.2 Å². The van der Waals surface area contributed by atoms with Crippen molar-refractivity contribution >= 4 is 27.5 Å². The van der Waals surface area contributed by atoms with Crippen molar-refractivity contribution in [2.45, 2.75) is 12.5 Å². The number of rotatable bonds is 10. The second-order valence-electron chi connectivity index (χ2n) is 4.80. The molecule has 0 aliphatic heterocycles. The van der Waals surface area contributed by atoms with Crippen LogP contribution in [0.15, 0.2) is 22.7 Å². The van der Waals surface area contributed by atoms with E-state index < -0.39 is 0 Å². The van der Waals surface area contributed by atoms with Gasteiger partial charge in [-0.1, -0.05) is 17.7 Å². The summed E-state index contributed by atoms with van der Waals surface area (Å²) in [5, 5.41) is 0.706. The van der Waals surface area contributed by atoms with E-state index in [1.165, 1.54) is 0 Å². The van der Waals surface area contributed by atoms with Gasteiger partial charge in [-0.15, -0.1) is 0 Å². The first kappa shape index (κ1) is 18.9. The highest BCUT2D eigenvalue weighted by Crippen LogP contribution is 2.28. The molecule has 0 aliphatic carbocycles. The van der Waals surface area contributed by atoms with Gasteiger partial charge in [-0.3, -0.25) is 4.90 Å². The van der Waals surface area contributed by atoms with Crippen molar-refractivity contribution in [2.24, 2.45) is 5.73 Å². The highest BCUT2D eigenvalue weighted by molar-refractivity contribution is 9.10. The molecule has 120 valence electrons. The fourth-order valence-corrected chi connectivity index (χ4v) is 2.77. The molecule has 0 heterocycles. The van der Waals surface area contributed by atoms with Crippen LogP contribution in [0.1, 0.15) is 18.0 Å². The van der Waals surface area contributed by atoms with Crippen LogP contribution >= 0.6 is 27.5 Å². The van der Waals surface area contributed by atoms with E-state index >= 15 is 0 Å². The third kappa shape index (κ3) is 6.22. The average Bonchev–Trinajstić information content (AvgIpc) is 2.48. The van der Waals surface area contributed by atoms with Crippen molar-refractivity contribution in [3.8, 4) is 0 Å².